The van der Waals surface area contributed by atoms with Gasteiger partial charge in [-0.25, -0.2) is 4.98 Å². The molecule has 0 aliphatic rings. The van der Waals surface area contributed by atoms with E-state index in [2.05, 4.69) is 17.2 Å². The highest BCUT2D eigenvalue weighted by Gasteiger charge is 2.33. The monoisotopic (exact) mass is 222 g/mol. The van der Waals surface area contributed by atoms with Crippen molar-refractivity contribution in [1.82, 2.24) is 9.97 Å². The predicted molar refractivity (Wildman–Crippen MR) is 44.4 cm³/mol. The molecule has 0 amide bonds. The molecule has 1 aromatic heterocycles. The Morgan fingerprint density at radius 2 is 2.14 bits per heavy atom. The molecule has 0 bridgehead atoms. The number of hydrogen-bond donors (Lipinski definition) is 1. The highest BCUT2D eigenvalue weighted by Crippen LogP contribution is 2.25. The van der Waals surface area contributed by atoms with E-state index >= 15 is 0 Å². The molecular formula is C7H5F3N2OS. The molecule has 3 nitrogen and oxygen atoms in total. The Morgan fingerprint density at radius 1 is 1.57 bits per heavy atom. The van der Waals surface area contributed by atoms with Crippen LogP contribution in [0.2, 0.25) is 0 Å². The summed E-state index contributed by atoms with van der Waals surface area (Å²) < 4.78 is 36.0. The molecular weight excluding hydrogens is 217 g/mol. The zero-order chi connectivity index (χ0) is 10.9. The smallest absolute Gasteiger partial charge is 0.327 e. The molecule has 14 heavy (non-hydrogen) atoms. The third-order valence-corrected chi connectivity index (χ3v) is 1.77. The van der Waals surface area contributed by atoms with Crippen LogP contribution >= 0.6 is 12.2 Å². The lowest BCUT2D eigenvalue weighted by atomic mass is 10.2. The van der Waals surface area contributed by atoms with Crippen LogP contribution in [-0.2, 0) is 6.18 Å². The Hall–Kier alpha value is -1.24. The van der Waals surface area contributed by atoms with Gasteiger partial charge in [0.25, 0.3) is 0 Å². The minimum atomic E-state index is -4.58. The van der Waals surface area contributed by atoms with Crippen LogP contribution in [0.25, 0.3) is 0 Å². The maximum absolute atomic E-state index is 12.1. The van der Waals surface area contributed by atoms with Crippen LogP contribution in [-0.4, -0.2) is 15.8 Å². The van der Waals surface area contributed by atoms with Crippen molar-refractivity contribution in [2.45, 2.75) is 13.1 Å². The minimum absolute atomic E-state index is 0.0204. The fraction of sp³-hybridized carbons (Fsp3) is 0.286. The summed E-state index contributed by atoms with van der Waals surface area (Å²) in [6.45, 7) is 1.20. The first kappa shape index (κ1) is 10.8. The van der Waals surface area contributed by atoms with E-state index in [4.69, 9.17) is 0 Å². The summed E-state index contributed by atoms with van der Waals surface area (Å²) in [6.07, 6.45) is -3.76. The summed E-state index contributed by atoms with van der Waals surface area (Å²) in [5, 5.41) is 0. The van der Waals surface area contributed by atoms with Gasteiger partial charge in [-0.05, 0) is 6.92 Å². The first-order valence-corrected chi connectivity index (χ1v) is 3.90. The summed E-state index contributed by atoms with van der Waals surface area (Å²) in [7, 11) is 0. The molecule has 0 saturated carbocycles. The van der Waals surface area contributed by atoms with E-state index < -0.39 is 17.8 Å². The van der Waals surface area contributed by atoms with Crippen molar-refractivity contribution in [3.63, 3.8) is 0 Å². The maximum atomic E-state index is 12.1. The third kappa shape index (κ3) is 2.16. The number of hydrogen-bond acceptors (Lipinski definition) is 3. The number of nitrogens with one attached hydrogen (secondary N) is 1. The van der Waals surface area contributed by atoms with Crippen molar-refractivity contribution in [2.75, 3.05) is 0 Å². The molecule has 0 atom stereocenters. The number of carbonyl (C=O) groups excluding carboxylic acids is 1. The van der Waals surface area contributed by atoms with Gasteiger partial charge in [0.05, 0.1) is 5.56 Å². The van der Waals surface area contributed by atoms with Crippen LogP contribution in [0.4, 0.5) is 13.2 Å². The molecule has 0 unspecified atom stereocenters. The number of ketones is 1. The van der Waals surface area contributed by atoms with Gasteiger partial charge >= 0.3 is 6.18 Å². The van der Waals surface area contributed by atoms with E-state index in [1.165, 1.54) is 6.92 Å². The van der Waals surface area contributed by atoms with Crippen LogP contribution in [0.5, 0.6) is 0 Å². The number of aromatic nitrogens is 2. The molecule has 0 radical (unpaired) electrons. The Bertz CT molecular complexity index is 424. The van der Waals surface area contributed by atoms with Crippen molar-refractivity contribution in [3.05, 3.63) is 22.2 Å². The van der Waals surface area contributed by atoms with Crippen molar-refractivity contribution in [2.24, 2.45) is 0 Å². The van der Waals surface area contributed by atoms with Gasteiger partial charge < -0.3 is 4.98 Å². The van der Waals surface area contributed by atoms with E-state index in [1.54, 1.807) is 0 Å². The zero-order valence-corrected chi connectivity index (χ0v) is 7.79. The van der Waals surface area contributed by atoms with Crippen molar-refractivity contribution >= 4 is 18.0 Å². The zero-order valence-electron chi connectivity index (χ0n) is 6.97. The standard InChI is InChI=1S/C7H5F3N2OS/c1-3(13)4-2-11-6(7(8,9)10)12-5(4)14/h2H,1H3,(H,11,12,14). The van der Waals surface area contributed by atoms with Crippen molar-refractivity contribution in [3.8, 4) is 0 Å². The number of carbonyl (C=O) groups is 1. The van der Waals surface area contributed by atoms with Crippen LogP contribution < -0.4 is 0 Å². The molecule has 0 aromatic carbocycles. The molecule has 0 aliphatic carbocycles. The number of rotatable bonds is 1. The molecule has 1 N–H and O–H groups in total. The van der Waals surface area contributed by atoms with Crippen LogP contribution in [0.15, 0.2) is 6.20 Å². The normalized spacial score (nSPS) is 11.4. The van der Waals surface area contributed by atoms with E-state index in [-0.39, 0.29) is 10.2 Å². The quantitative estimate of drug-likeness (QED) is 0.586. The molecule has 0 saturated heterocycles. The fourth-order valence-electron chi connectivity index (χ4n) is 0.790. The van der Waals surface area contributed by atoms with Crippen LogP contribution in [0.1, 0.15) is 23.1 Å². The Labute approximate surface area is 82.0 Å². The Balaban J connectivity index is 3.27. The molecule has 76 valence electrons. The largest absolute Gasteiger partial charge is 0.449 e. The van der Waals surface area contributed by atoms with Gasteiger partial charge in [-0.2, -0.15) is 13.2 Å². The van der Waals surface area contributed by atoms with E-state index in [0.29, 0.717) is 0 Å². The number of alkyl halides is 3. The highest BCUT2D eigenvalue weighted by atomic mass is 32.1. The Morgan fingerprint density at radius 3 is 2.50 bits per heavy atom. The average molecular weight is 222 g/mol. The number of nitrogens with zero attached hydrogens (tertiary/aromatic N) is 1. The number of aromatic amines is 1. The topological polar surface area (TPSA) is 45.8 Å². The second-order valence-corrected chi connectivity index (χ2v) is 2.94. The average Bonchev–Trinajstić information content (AvgIpc) is 2.01. The highest BCUT2D eigenvalue weighted by molar-refractivity contribution is 7.71. The molecule has 0 fully saturated rings. The lowest BCUT2D eigenvalue weighted by Crippen LogP contribution is -2.12. The predicted octanol–water partition coefficient (Wildman–Crippen LogP) is 2.36. The molecule has 1 aromatic rings. The second kappa shape index (κ2) is 3.49. The first-order valence-electron chi connectivity index (χ1n) is 3.50. The molecule has 1 rings (SSSR count). The van der Waals surface area contributed by atoms with E-state index in [0.717, 1.165) is 6.20 Å². The van der Waals surface area contributed by atoms with Gasteiger partial charge in [0.15, 0.2) is 5.78 Å². The second-order valence-electron chi connectivity index (χ2n) is 2.53. The lowest BCUT2D eigenvalue weighted by Gasteiger charge is -2.05. The maximum Gasteiger partial charge on any atom is 0.449 e. The number of Topliss-reactive ketones (excluding diaryl/α,β-unsaturated/α-hetero) is 1. The summed E-state index contributed by atoms with van der Waals surface area (Å²) in [5.74, 6) is -1.63. The van der Waals surface area contributed by atoms with Gasteiger partial charge in [0.1, 0.15) is 4.64 Å². The van der Waals surface area contributed by atoms with E-state index in [9.17, 15) is 18.0 Å². The SMILES string of the molecule is CC(=O)c1cnc(C(F)(F)F)[nH]c1=S. The minimum Gasteiger partial charge on any atom is -0.327 e. The van der Waals surface area contributed by atoms with Gasteiger partial charge in [-0.3, -0.25) is 4.79 Å². The molecule has 0 aliphatic heterocycles. The van der Waals surface area contributed by atoms with Crippen LogP contribution in [0, 0.1) is 4.64 Å². The van der Waals surface area contributed by atoms with Gasteiger partial charge in [0, 0.05) is 6.20 Å². The number of H-pyrrole nitrogens is 1. The first-order chi connectivity index (χ1) is 6.32. The Kier molecular flexibility index (Phi) is 2.70. The van der Waals surface area contributed by atoms with Crippen molar-refractivity contribution in [1.29, 1.82) is 0 Å². The van der Waals surface area contributed by atoms with Crippen molar-refractivity contribution < 1.29 is 18.0 Å². The molecule has 1 heterocycles. The summed E-state index contributed by atoms with van der Waals surface area (Å²) in [4.78, 5) is 15.7. The molecule has 7 heteroatoms. The van der Waals surface area contributed by atoms with E-state index in [1.807, 2.05) is 4.98 Å². The van der Waals surface area contributed by atoms with Gasteiger partial charge in [0.2, 0.25) is 5.82 Å². The summed E-state index contributed by atoms with van der Waals surface area (Å²) >= 11 is 4.57. The lowest BCUT2D eigenvalue weighted by molar-refractivity contribution is -0.145. The van der Waals surface area contributed by atoms with Crippen LogP contribution in [0.3, 0.4) is 0 Å². The van der Waals surface area contributed by atoms with Gasteiger partial charge in [-0.1, -0.05) is 12.2 Å². The number of halogens is 3. The summed E-state index contributed by atoms with van der Waals surface area (Å²) in [5.41, 5.74) is -0.0204. The fourth-order valence-corrected chi connectivity index (χ4v) is 1.08. The third-order valence-electron chi connectivity index (χ3n) is 1.45. The summed E-state index contributed by atoms with van der Waals surface area (Å²) in [6, 6.07) is 0. The molecule has 0 spiro atoms. The van der Waals surface area contributed by atoms with Gasteiger partial charge in [-0.15, -0.1) is 0 Å².